The third-order valence-corrected chi connectivity index (χ3v) is 1.98. The van der Waals surface area contributed by atoms with Gasteiger partial charge in [0.2, 0.25) is 0 Å². The van der Waals surface area contributed by atoms with Crippen molar-refractivity contribution in [3.05, 3.63) is 39.4 Å². The number of Topliss-reactive ketones (excluding diaryl/α,β-unsaturated/α-hetero) is 1. The highest BCUT2D eigenvalue weighted by molar-refractivity contribution is 6.67. The quantitative estimate of drug-likeness (QED) is 0.343. The summed E-state index contributed by atoms with van der Waals surface area (Å²) in [7, 11) is 0. The van der Waals surface area contributed by atoms with Crippen molar-refractivity contribution >= 4 is 28.3 Å². The van der Waals surface area contributed by atoms with Gasteiger partial charge < -0.3 is 0 Å². The van der Waals surface area contributed by atoms with Crippen LogP contribution in [-0.2, 0) is 0 Å². The van der Waals surface area contributed by atoms with Crippen molar-refractivity contribution in [3.63, 3.8) is 0 Å². The number of carbonyl (C=O) groups excluding carboxylic acids is 2. The Kier molecular flexibility index (Phi) is 3.16. The molecule has 0 bridgehead atoms. The first-order valence-corrected chi connectivity index (χ1v) is 4.30. The van der Waals surface area contributed by atoms with E-state index < -0.39 is 10.2 Å². The van der Waals surface area contributed by atoms with Gasteiger partial charge in [0.15, 0.2) is 5.78 Å². The Morgan fingerprint density at radius 2 is 1.80 bits per heavy atom. The molecule has 15 heavy (non-hydrogen) atoms. The van der Waals surface area contributed by atoms with Crippen LogP contribution in [0.4, 0.5) is 5.69 Å². The minimum atomic E-state index is -0.832. The summed E-state index contributed by atoms with van der Waals surface area (Å²) >= 11 is 5.18. The van der Waals surface area contributed by atoms with Crippen molar-refractivity contribution < 1.29 is 14.5 Å². The van der Waals surface area contributed by atoms with E-state index >= 15 is 0 Å². The van der Waals surface area contributed by atoms with Crippen LogP contribution in [0.3, 0.4) is 0 Å². The van der Waals surface area contributed by atoms with Gasteiger partial charge in [-0.1, -0.05) is 0 Å². The Hall–Kier alpha value is -1.75. The van der Waals surface area contributed by atoms with Crippen molar-refractivity contribution in [2.75, 3.05) is 0 Å². The maximum absolute atomic E-state index is 11.0. The van der Waals surface area contributed by atoms with Crippen LogP contribution in [0.2, 0.25) is 0 Å². The summed E-state index contributed by atoms with van der Waals surface area (Å²) in [6.45, 7) is 1.25. The van der Waals surface area contributed by atoms with Gasteiger partial charge in [-0.2, -0.15) is 0 Å². The van der Waals surface area contributed by atoms with Crippen LogP contribution in [0.1, 0.15) is 27.6 Å². The molecule has 6 heteroatoms. The summed E-state index contributed by atoms with van der Waals surface area (Å²) in [4.78, 5) is 31.7. The van der Waals surface area contributed by atoms with Crippen LogP contribution in [0, 0.1) is 10.1 Å². The van der Waals surface area contributed by atoms with E-state index in [4.69, 9.17) is 11.6 Å². The lowest BCUT2D eigenvalue weighted by molar-refractivity contribution is -0.384. The topological polar surface area (TPSA) is 77.3 Å². The second-order valence-corrected chi connectivity index (χ2v) is 3.20. The lowest BCUT2D eigenvalue weighted by Crippen LogP contribution is -1.99. The van der Waals surface area contributed by atoms with Crippen LogP contribution < -0.4 is 0 Å². The molecule has 0 N–H and O–H groups in total. The van der Waals surface area contributed by atoms with Crippen molar-refractivity contribution in [2.45, 2.75) is 6.92 Å². The van der Waals surface area contributed by atoms with E-state index in [1.54, 1.807) is 0 Å². The molecule has 0 spiro atoms. The van der Waals surface area contributed by atoms with E-state index in [9.17, 15) is 19.7 Å². The summed E-state index contributed by atoms with van der Waals surface area (Å²) in [5, 5.41) is 9.66. The lowest BCUT2D eigenvalue weighted by atomic mass is 10.1. The van der Waals surface area contributed by atoms with E-state index in [2.05, 4.69) is 0 Å². The van der Waals surface area contributed by atoms with Crippen LogP contribution in [0.25, 0.3) is 0 Å². The molecule has 0 aromatic heterocycles. The minimum absolute atomic E-state index is 0.0592. The molecule has 0 amide bonds. The highest BCUT2D eigenvalue weighted by Crippen LogP contribution is 2.19. The zero-order valence-electron chi connectivity index (χ0n) is 7.69. The number of nitro groups is 1. The van der Waals surface area contributed by atoms with E-state index in [1.165, 1.54) is 13.0 Å². The summed E-state index contributed by atoms with van der Waals surface area (Å²) in [5.74, 6) is -0.363. The lowest BCUT2D eigenvalue weighted by Gasteiger charge is -1.99. The van der Waals surface area contributed by atoms with Crippen molar-refractivity contribution in [3.8, 4) is 0 Å². The molecule has 5 nitrogen and oxygen atoms in total. The van der Waals surface area contributed by atoms with Crippen LogP contribution >= 0.6 is 11.6 Å². The monoisotopic (exact) mass is 227 g/mol. The van der Waals surface area contributed by atoms with Gasteiger partial charge in [-0.3, -0.25) is 19.7 Å². The van der Waals surface area contributed by atoms with Gasteiger partial charge in [0.1, 0.15) is 0 Å². The summed E-state index contributed by atoms with van der Waals surface area (Å²) in [5.41, 5.74) is -0.295. The molecular formula is C9H6ClNO4. The van der Waals surface area contributed by atoms with Crippen LogP contribution in [0.15, 0.2) is 18.2 Å². The zero-order chi connectivity index (χ0) is 11.6. The number of non-ortho nitro benzene ring substituents is 1. The van der Waals surface area contributed by atoms with Gasteiger partial charge in [0.05, 0.1) is 4.92 Å². The van der Waals surface area contributed by atoms with Gasteiger partial charge in [0.25, 0.3) is 10.9 Å². The molecule has 0 unspecified atom stereocenters. The van der Waals surface area contributed by atoms with E-state index in [1.807, 2.05) is 0 Å². The van der Waals surface area contributed by atoms with Gasteiger partial charge in [-0.05, 0) is 24.6 Å². The Bertz CT molecular complexity index is 376. The molecule has 0 aliphatic carbocycles. The number of carbonyl (C=O) groups is 2. The number of hydrogen-bond donors (Lipinski definition) is 0. The van der Waals surface area contributed by atoms with Crippen molar-refractivity contribution in [1.82, 2.24) is 0 Å². The smallest absolute Gasteiger partial charge is 0.270 e. The number of hydrogen-bond acceptors (Lipinski definition) is 4. The number of nitro benzene ring substituents is 1. The molecule has 0 saturated carbocycles. The van der Waals surface area contributed by atoms with Crippen LogP contribution in [-0.4, -0.2) is 15.9 Å². The summed E-state index contributed by atoms with van der Waals surface area (Å²) in [6.07, 6.45) is 0. The predicted octanol–water partition coefficient (Wildman–Crippen LogP) is 2.18. The Labute approximate surface area is 89.8 Å². The number of ketones is 1. The normalized spacial score (nSPS) is 9.73. The number of nitrogens with zero attached hydrogens (tertiary/aromatic N) is 1. The molecule has 78 valence electrons. The average Bonchev–Trinajstić information content (AvgIpc) is 2.16. The Balaban J connectivity index is 3.39. The average molecular weight is 228 g/mol. The number of halogens is 1. The van der Waals surface area contributed by atoms with E-state index in [0.717, 1.165) is 12.1 Å². The largest absolute Gasteiger partial charge is 0.295 e. The third-order valence-electron chi connectivity index (χ3n) is 1.76. The highest BCUT2D eigenvalue weighted by atomic mass is 35.5. The molecule has 0 aliphatic rings. The van der Waals surface area contributed by atoms with Crippen LogP contribution in [0.5, 0.6) is 0 Å². The predicted molar refractivity (Wildman–Crippen MR) is 53.3 cm³/mol. The fourth-order valence-corrected chi connectivity index (χ4v) is 1.14. The second kappa shape index (κ2) is 4.18. The fraction of sp³-hybridized carbons (Fsp3) is 0.111. The zero-order valence-corrected chi connectivity index (χ0v) is 8.45. The first kappa shape index (κ1) is 11.3. The molecule has 0 saturated heterocycles. The molecule has 0 heterocycles. The first-order chi connectivity index (χ1) is 6.91. The summed E-state index contributed by atoms with van der Waals surface area (Å²) < 4.78 is 0. The second-order valence-electron chi connectivity index (χ2n) is 2.86. The van der Waals surface area contributed by atoms with Crippen molar-refractivity contribution in [1.29, 1.82) is 0 Å². The number of rotatable bonds is 3. The maximum Gasteiger partial charge on any atom is 0.270 e. The first-order valence-electron chi connectivity index (χ1n) is 3.92. The molecule has 0 radical (unpaired) electrons. The third kappa shape index (κ3) is 2.60. The van der Waals surface area contributed by atoms with Gasteiger partial charge in [-0.25, -0.2) is 0 Å². The molecule has 0 aliphatic heterocycles. The molecule has 1 aromatic carbocycles. The molecule has 0 fully saturated rings. The Morgan fingerprint density at radius 1 is 1.27 bits per heavy atom. The minimum Gasteiger partial charge on any atom is -0.295 e. The molecular weight excluding hydrogens is 222 g/mol. The molecule has 0 atom stereocenters. The standard InChI is InChI=1S/C9H6ClNO4/c1-5(12)6-2-7(9(10)13)4-8(3-6)11(14)15/h2-4H,1H3. The van der Waals surface area contributed by atoms with E-state index in [0.29, 0.717) is 0 Å². The molecule has 1 aromatic rings. The maximum atomic E-state index is 11.0. The number of benzene rings is 1. The molecule has 1 rings (SSSR count). The Morgan fingerprint density at radius 3 is 2.20 bits per heavy atom. The summed E-state index contributed by atoms with van der Waals surface area (Å²) in [6, 6.07) is 3.36. The van der Waals surface area contributed by atoms with Gasteiger partial charge >= 0.3 is 0 Å². The van der Waals surface area contributed by atoms with Gasteiger partial charge in [0, 0.05) is 23.3 Å². The van der Waals surface area contributed by atoms with E-state index in [-0.39, 0.29) is 22.6 Å². The fourth-order valence-electron chi connectivity index (χ4n) is 1.03. The SMILES string of the molecule is CC(=O)c1cc(C(=O)Cl)cc([N+](=O)[O-])c1. The highest BCUT2D eigenvalue weighted by Gasteiger charge is 2.14. The van der Waals surface area contributed by atoms with Gasteiger partial charge in [-0.15, -0.1) is 0 Å². The van der Waals surface area contributed by atoms with Crippen molar-refractivity contribution in [2.24, 2.45) is 0 Å².